The van der Waals surface area contributed by atoms with Gasteiger partial charge < -0.3 is 16.0 Å². The lowest BCUT2D eigenvalue weighted by Crippen LogP contribution is -2.49. The largest absolute Gasteiger partial charge is 0.335 e. The van der Waals surface area contributed by atoms with E-state index in [-0.39, 0.29) is 17.9 Å². The van der Waals surface area contributed by atoms with Gasteiger partial charge in [0, 0.05) is 11.7 Å². The first-order valence-electron chi connectivity index (χ1n) is 6.19. The number of urea groups is 1. The van der Waals surface area contributed by atoms with E-state index in [0.29, 0.717) is 11.6 Å². The zero-order chi connectivity index (χ0) is 13.0. The van der Waals surface area contributed by atoms with E-state index in [4.69, 9.17) is 0 Å². The van der Waals surface area contributed by atoms with Crippen molar-refractivity contribution in [3.8, 4) is 0 Å². The number of nitrogens with one attached hydrogen (secondary N) is 3. The Bertz CT molecular complexity index is 407. The highest BCUT2D eigenvalue weighted by atomic mass is 19.1. The second-order valence-electron chi connectivity index (χ2n) is 4.68. The molecule has 2 atom stereocenters. The van der Waals surface area contributed by atoms with Crippen LogP contribution in [0.4, 0.5) is 14.9 Å². The maximum Gasteiger partial charge on any atom is 0.319 e. The van der Waals surface area contributed by atoms with Gasteiger partial charge in [0.1, 0.15) is 5.82 Å². The molecule has 0 aromatic heterocycles. The summed E-state index contributed by atoms with van der Waals surface area (Å²) in [5, 5.41) is 8.93. The topological polar surface area (TPSA) is 53.2 Å². The minimum absolute atomic E-state index is 0.187. The first-order valence-corrected chi connectivity index (χ1v) is 6.19. The molecule has 2 unspecified atom stereocenters. The van der Waals surface area contributed by atoms with E-state index in [0.717, 1.165) is 19.5 Å². The van der Waals surface area contributed by atoms with Gasteiger partial charge in [-0.25, -0.2) is 9.18 Å². The van der Waals surface area contributed by atoms with Gasteiger partial charge in [0.15, 0.2) is 0 Å². The number of benzene rings is 1. The van der Waals surface area contributed by atoms with Crippen LogP contribution in [0.2, 0.25) is 0 Å². The standard InChI is InChI=1S/C13H18FN3O/c1-9-8-15-7-6-12(9)17-13(18)16-11-4-2-10(14)3-5-11/h2-5,9,12,15H,6-8H2,1H3,(H2,16,17,18). The molecule has 2 rings (SSSR count). The van der Waals surface area contributed by atoms with Gasteiger partial charge in [-0.3, -0.25) is 0 Å². The van der Waals surface area contributed by atoms with E-state index < -0.39 is 0 Å². The van der Waals surface area contributed by atoms with Crippen molar-refractivity contribution >= 4 is 11.7 Å². The fraction of sp³-hybridized carbons (Fsp3) is 0.462. The van der Waals surface area contributed by atoms with E-state index in [1.165, 1.54) is 12.1 Å². The number of piperidine rings is 1. The van der Waals surface area contributed by atoms with Crippen molar-refractivity contribution in [2.45, 2.75) is 19.4 Å². The van der Waals surface area contributed by atoms with Crippen LogP contribution >= 0.6 is 0 Å². The zero-order valence-electron chi connectivity index (χ0n) is 10.4. The van der Waals surface area contributed by atoms with E-state index in [2.05, 4.69) is 22.9 Å². The molecule has 0 radical (unpaired) electrons. The number of hydrogen-bond acceptors (Lipinski definition) is 2. The van der Waals surface area contributed by atoms with Crippen LogP contribution in [0.3, 0.4) is 0 Å². The Labute approximate surface area is 106 Å². The summed E-state index contributed by atoms with van der Waals surface area (Å²) in [6.07, 6.45) is 0.929. The Morgan fingerprint density at radius 2 is 2.11 bits per heavy atom. The first-order chi connectivity index (χ1) is 8.65. The van der Waals surface area contributed by atoms with E-state index in [9.17, 15) is 9.18 Å². The molecule has 18 heavy (non-hydrogen) atoms. The number of carbonyl (C=O) groups is 1. The zero-order valence-corrected chi connectivity index (χ0v) is 10.4. The smallest absolute Gasteiger partial charge is 0.319 e. The Kier molecular flexibility index (Phi) is 4.15. The fourth-order valence-corrected chi connectivity index (χ4v) is 2.10. The predicted octanol–water partition coefficient (Wildman–Crippen LogP) is 1.95. The van der Waals surface area contributed by atoms with Crippen molar-refractivity contribution < 1.29 is 9.18 Å². The summed E-state index contributed by atoms with van der Waals surface area (Å²) in [6.45, 7) is 3.95. The summed E-state index contributed by atoms with van der Waals surface area (Å²) in [4.78, 5) is 11.8. The molecule has 4 nitrogen and oxygen atoms in total. The van der Waals surface area contributed by atoms with Gasteiger partial charge in [-0.05, 0) is 49.7 Å². The molecule has 0 bridgehead atoms. The Hall–Kier alpha value is -1.62. The number of hydrogen-bond donors (Lipinski definition) is 3. The second kappa shape index (κ2) is 5.82. The highest BCUT2D eigenvalue weighted by Gasteiger charge is 2.22. The molecule has 1 heterocycles. The van der Waals surface area contributed by atoms with Crippen LogP contribution in [0.15, 0.2) is 24.3 Å². The molecule has 1 aromatic carbocycles. The van der Waals surface area contributed by atoms with Gasteiger partial charge in [0.05, 0.1) is 0 Å². The van der Waals surface area contributed by atoms with Crippen molar-refractivity contribution in [1.82, 2.24) is 10.6 Å². The molecule has 0 spiro atoms. The maximum absolute atomic E-state index is 12.7. The molecule has 1 fully saturated rings. The molecule has 1 saturated heterocycles. The summed E-state index contributed by atoms with van der Waals surface area (Å²) in [6, 6.07) is 5.68. The molecular formula is C13H18FN3O. The lowest BCUT2D eigenvalue weighted by molar-refractivity contribution is 0.236. The van der Waals surface area contributed by atoms with E-state index >= 15 is 0 Å². The number of rotatable bonds is 2. The van der Waals surface area contributed by atoms with E-state index in [1.807, 2.05) is 0 Å². The van der Waals surface area contributed by atoms with E-state index in [1.54, 1.807) is 12.1 Å². The van der Waals surface area contributed by atoms with Crippen LogP contribution in [0.5, 0.6) is 0 Å². The van der Waals surface area contributed by atoms with Gasteiger partial charge >= 0.3 is 6.03 Å². The summed E-state index contributed by atoms with van der Waals surface area (Å²) in [5.41, 5.74) is 0.593. The minimum Gasteiger partial charge on any atom is -0.335 e. The maximum atomic E-state index is 12.7. The molecule has 0 aliphatic carbocycles. The summed E-state index contributed by atoms with van der Waals surface area (Å²) in [5.74, 6) is 0.102. The predicted molar refractivity (Wildman–Crippen MR) is 69.0 cm³/mol. The van der Waals surface area contributed by atoms with Gasteiger partial charge in [0.2, 0.25) is 0 Å². The normalized spacial score (nSPS) is 23.4. The number of anilines is 1. The van der Waals surface area contributed by atoms with Crippen LogP contribution in [0.25, 0.3) is 0 Å². The highest BCUT2D eigenvalue weighted by Crippen LogP contribution is 2.11. The Morgan fingerprint density at radius 1 is 1.39 bits per heavy atom. The monoisotopic (exact) mass is 251 g/mol. The second-order valence-corrected chi connectivity index (χ2v) is 4.68. The van der Waals surface area contributed by atoms with Gasteiger partial charge in [-0.2, -0.15) is 0 Å². The number of halogens is 1. The average molecular weight is 251 g/mol. The van der Waals surface area contributed by atoms with Crippen molar-refractivity contribution in [2.75, 3.05) is 18.4 Å². The minimum atomic E-state index is -0.312. The lowest BCUT2D eigenvalue weighted by atomic mass is 9.95. The van der Waals surface area contributed by atoms with Crippen LogP contribution < -0.4 is 16.0 Å². The molecule has 1 aliphatic rings. The molecule has 1 aliphatic heterocycles. The van der Waals surface area contributed by atoms with Crippen LogP contribution in [0.1, 0.15) is 13.3 Å². The molecule has 0 saturated carbocycles. The van der Waals surface area contributed by atoms with Gasteiger partial charge in [0.25, 0.3) is 0 Å². The molecule has 98 valence electrons. The van der Waals surface area contributed by atoms with Crippen molar-refractivity contribution in [2.24, 2.45) is 5.92 Å². The van der Waals surface area contributed by atoms with Crippen molar-refractivity contribution in [1.29, 1.82) is 0 Å². The molecule has 3 N–H and O–H groups in total. The first kappa shape index (κ1) is 12.8. The van der Waals surface area contributed by atoms with Crippen LogP contribution in [-0.2, 0) is 0 Å². The van der Waals surface area contributed by atoms with Crippen molar-refractivity contribution in [3.63, 3.8) is 0 Å². The Balaban J connectivity index is 1.86. The quantitative estimate of drug-likeness (QED) is 0.752. The summed E-state index contributed by atoms with van der Waals surface area (Å²) >= 11 is 0. The summed E-state index contributed by atoms with van der Waals surface area (Å²) in [7, 11) is 0. The number of amides is 2. The fourth-order valence-electron chi connectivity index (χ4n) is 2.10. The highest BCUT2D eigenvalue weighted by molar-refractivity contribution is 5.89. The van der Waals surface area contributed by atoms with Crippen LogP contribution in [-0.4, -0.2) is 25.2 Å². The SMILES string of the molecule is CC1CNCCC1NC(=O)Nc1ccc(F)cc1. The third kappa shape index (κ3) is 3.43. The van der Waals surface area contributed by atoms with Gasteiger partial charge in [-0.1, -0.05) is 6.92 Å². The third-order valence-electron chi connectivity index (χ3n) is 3.20. The molecule has 1 aromatic rings. The van der Waals surface area contributed by atoms with Crippen molar-refractivity contribution in [3.05, 3.63) is 30.1 Å². The average Bonchev–Trinajstić information content (AvgIpc) is 2.35. The Morgan fingerprint density at radius 3 is 2.78 bits per heavy atom. The number of carbonyl (C=O) groups excluding carboxylic acids is 1. The summed E-state index contributed by atoms with van der Waals surface area (Å²) < 4.78 is 12.7. The molecular weight excluding hydrogens is 233 g/mol. The lowest BCUT2D eigenvalue weighted by Gasteiger charge is -2.30. The van der Waals surface area contributed by atoms with Gasteiger partial charge in [-0.15, -0.1) is 0 Å². The van der Waals surface area contributed by atoms with Crippen LogP contribution in [0, 0.1) is 11.7 Å². The third-order valence-corrected chi connectivity index (χ3v) is 3.20. The molecule has 2 amide bonds. The molecule has 5 heteroatoms.